The lowest BCUT2D eigenvalue weighted by atomic mass is 9.90. The molecule has 3 heterocycles. The van der Waals surface area contributed by atoms with Gasteiger partial charge < -0.3 is 15.0 Å². The first kappa shape index (κ1) is 18.0. The van der Waals surface area contributed by atoms with Crippen LogP contribution in [0.25, 0.3) is 0 Å². The van der Waals surface area contributed by atoms with E-state index in [-0.39, 0.29) is 6.03 Å². The minimum Gasteiger partial charge on any atom is -0.381 e. The molecular formula is C21H28N4O2. The van der Waals surface area contributed by atoms with Gasteiger partial charge in [0.05, 0.1) is 17.6 Å². The van der Waals surface area contributed by atoms with Crippen molar-refractivity contribution in [3.8, 4) is 0 Å². The van der Waals surface area contributed by atoms with Crippen molar-refractivity contribution in [2.45, 2.75) is 38.1 Å². The SMILES string of the molecule is Cn1ncc(NC(=O)N2CCCC2C2CCOCC2)c1Cc1ccccc1. The Labute approximate surface area is 160 Å². The van der Waals surface area contributed by atoms with Crippen LogP contribution in [0.15, 0.2) is 36.5 Å². The van der Waals surface area contributed by atoms with E-state index in [9.17, 15) is 4.79 Å². The second-order valence-corrected chi connectivity index (χ2v) is 7.57. The summed E-state index contributed by atoms with van der Waals surface area (Å²) in [6.45, 7) is 2.48. The van der Waals surface area contributed by atoms with Gasteiger partial charge in [0, 0.05) is 39.3 Å². The summed E-state index contributed by atoms with van der Waals surface area (Å²) in [4.78, 5) is 15.1. The first-order valence-electron chi connectivity index (χ1n) is 9.92. The highest BCUT2D eigenvalue weighted by Crippen LogP contribution is 2.31. The van der Waals surface area contributed by atoms with E-state index < -0.39 is 0 Å². The number of carbonyl (C=O) groups is 1. The predicted octanol–water partition coefficient (Wildman–Crippen LogP) is 3.43. The largest absolute Gasteiger partial charge is 0.381 e. The molecule has 2 saturated heterocycles. The van der Waals surface area contributed by atoms with E-state index in [4.69, 9.17) is 4.74 Å². The van der Waals surface area contributed by atoms with E-state index in [1.807, 2.05) is 34.8 Å². The second kappa shape index (κ2) is 8.13. The number of nitrogens with one attached hydrogen (secondary N) is 1. The Morgan fingerprint density at radius 1 is 1.22 bits per heavy atom. The Morgan fingerprint density at radius 2 is 2.00 bits per heavy atom. The molecule has 2 amide bonds. The number of hydrogen-bond acceptors (Lipinski definition) is 3. The number of aromatic nitrogens is 2. The van der Waals surface area contributed by atoms with Crippen LogP contribution in [0.2, 0.25) is 0 Å². The van der Waals surface area contributed by atoms with Crippen LogP contribution in [0.4, 0.5) is 10.5 Å². The number of amides is 2. The predicted molar refractivity (Wildman–Crippen MR) is 105 cm³/mol. The van der Waals surface area contributed by atoms with Crippen molar-refractivity contribution in [2.24, 2.45) is 13.0 Å². The lowest BCUT2D eigenvalue weighted by Gasteiger charge is -2.34. The zero-order valence-electron chi connectivity index (χ0n) is 15.9. The van der Waals surface area contributed by atoms with Crippen LogP contribution in [0, 0.1) is 5.92 Å². The minimum atomic E-state index is 0.00584. The summed E-state index contributed by atoms with van der Waals surface area (Å²) in [6.07, 6.45) is 6.80. The van der Waals surface area contributed by atoms with Gasteiger partial charge in [0.15, 0.2) is 0 Å². The molecule has 1 N–H and O–H groups in total. The number of likely N-dealkylation sites (tertiary alicyclic amines) is 1. The minimum absolute atomic E-state index is 0.00584. The molecule has 2 fully saturated rings. The molecule has 1 unspecified atom stereocenters. The zero-order valence-corrected chi connectivity index (χ0v) is 15.9. The van der Waals surface area contributed by atoms with Crippen LogP contribution in [0.1, 0.15) is 36.9 Å². The molecule has 2 aromatic rings. The summed E-state index contributed by atoms with van der Waals surface area (Å²) >= 11 is 0. The van der Waals surface area contributed by atoms with Crippen LogP contribution < -0.4 is 5.32 Å². The number of anilines is 1. The van der Waals surface area contributed by atoms with Gasteiger partial charge in [-0.25, -0.2) is 4.79 Å². The topological polar surface area (TPSA) is 59.4 Å². The maximum atomic E-state index is 13.0. The van der Waals surface area contributed by atoms with Crippen molar-refractivity contribution in [1.82, 2.24) is 14.7 Å². The zero-order chi connectivity index (χ0) is 18.6. The molecule has 6 nitrogen and oxygen atoms in total. The fourth-order valence-corrected chi connectivity index (χ4v) is 4.39. The Hall–Kier alpha value is -2.34. The first-order valence-corrected chi connectivity index (χ1v) is 9.92. The van der Waals surface area contributed by atoms with E-state index in [0.717, 1.165) is 63.2 Å². The number of aryl methyl sites for hydroxylation is 1. The molecule has 27 heavy (non-hydrogen) atoms. The van der Waals surface area contributed by atoms with Crippen LogP contribution in [0.5, 0.6) is 0 Å². The van der Waals surface area contributed by atoms with Gasteiger partial charge in [0.2, 0.25) is 0 Å². The molecule has 4 rings (SSSR count). The molecule has 0 bridgehead atoms. The molecule has 0 aliphatic carbocycles. The third-order valence-corrected chi connectivity index (χ3v) is 5.89. The number of carbonyl (C=O) groups excluding carboxylic acids is 1. The van der Waals surface area contributed by atoms with E-state index in [1.54, 1.807) is 6.20 Å². The van der Waals surface area contributed by atoms with Gasteiger partial charge in [0.1, 0.15) is 0 Å². The van der Waals surface area contributed by atoms with Crippen molar-refractivity contribution < 1.29 is 9.53 Å². The van der Waals surface area contributed by atoms with Crippen LogP contribution in [-0.2, 0) is 18.2 Å². The molecule has 2 aliphatic heterocycles. The van der Waals surface area contributed by atoms with Gasteiger partial charge in [-0.1, -0.05) is 30.3 Å². The quantitative estimate of drug-likeness (QED) is 0.899. The Balaban J connectivity index is 1.46. The van der Waals surface area contributed by atoms with Gasteiger partial charge in [-0.05, 0) is 37.2 Å². The molecule has 0 radical (unpaired) electrons. The third kappa shape index (κ3) is 4.00. The Morgan fingerprint density at radius 3 is 2.78 bits per heavy atom. The highest BCUT2D eigenvalue weighted by Gasteiger charge is 2.35. The average molecular weight is 368 g/mol. The number of urea groups is 1. The van der Waals surface area contributed by atoms with Crippen molar-refractivity contribution >= 4 is 11.7 Å². The molecule has 6 heteroatoms. The molecule has 1 aromatic heterocycles. The summed E-state index contributed by atoms with van der Waals surface area (Å²) in [6, 6.07) is 10.6. The maximum absolute atomic E-state index is 13.0. The normalized spacial score (nSPS) is 20.8. The average Bonchev–Trinajstić information content (AvgIpc) is 3.32. The van der Waals surface area contributed by atoms with E-state index in [1.165, 1.54) is 5.56 Å². The fourth-order valence-electron chi connectivity index (χ4n) is 4.39. The third-order valence-electron chi connectivity index (χ3n) is 5.89. The van der Waals surface area contributed by atoms with E-state index >= 15 is 0 Å². The molecule has 0 saturated carbocycles. The molecule has 1 aromatic carbocycles. The van der Waals surface area contributed by atoms with Crippen molar-refractivity contribution in [3.63, 3.8) is 0 Å². The van der Waals surface area contributed by atoms with Gasteiger partial charge in [-0.2, -0.15) is 5.10 Å². The summed E-state index contributed by atoms with van der Waals surface area (Å²) in [5.74, 6) is 0.560. The Kier molecular flexibility index (Phi) is 5.43. The van der Waals surface area contributed by atoms with Crippen molar-refractivity contribution in [3.05, 3.63) is 47.8 Å². The summed E-state index contributed by atoms with van der Waals surface area (Å²) < 4.78 is 7.35. The first-order chi connectivity index (χ1) is 13.2. The maximum Gasteiger partial charge on any atom is 0.322 e. The van der Waals surface area contributed by atoms with Gasteiger partial charge >= 0.3 is 6.03 Å². The monoisotopic (exact) mass is 368 g/mol. The number of rotatable bonds is 4. The summed E-state index contributed by atoms with van der Waals surface area (Å²) in [7, 11) is 1.93. The standard InChI is InChI=1S/C21H28N4O2/c1-24-20(14-16-6-3-2-4-7-16)18(15-22-24)23-21(26)25-11-5-8-19(25)17-9-12-27-13-10-17/h2-4,6-7,15,17,19H,5,8-14H2,1H3,(H,23,26). The molecule has 1 atom stereocenters. The van der Waals surface area contributed by atoms with Crippen LogP contribution in [-0.4, -0.2) is 46.5 Å². The number of ether oxygens (including phenoxy) is 1. The van der Waals surface area contributed by atoms with Gasteiger partial charge in [-0.3, -0.25) is 4.68 Å². The van der Waals surface area contributed by atoms with Crippen LogP contribution in [0.3, 0.4) is 0 Å². The lowest BCUT2D eigenvalue weighted by Crippen LogP contribution is -2.44. The number of nitrogens with zero attached hydrogens (tertiary/aromatic N) is 3. The Bertz CT molecular complexity index is 768. The summed E-state index contributed by atoms with van der Waals surface area (Å²) in [5, 5.41) is 7.50. The van der Waals surface area contributed by atoms with Crippen molar-refractivity contribution in [2.75, 3.05) is 25.1 Å². The van der Waals surface area contributed by atoms with E-state index in [2.05, 4.69) is 22.5 Å². The van der Waals surface area contributed by atoms with Crippen LogP contribution >= 0.6 is 0 Å². The lowest BCUT2D eigenvalue weighted by molar-refractivity contribution is 0.0429. The molecule has 144 valence electrons. The van der Waals surface area contributed by atoms with Gasteiger partial charge in [0.25, 0.3) is 0 Å². The van der Waals surface area contributed by atoms with E-state index in [0.29, 0.717) is 12.0 Å². The summed E-state index contributed by atoms with van der Waals surface area (Å²) in [5.41, 5.74) is 3.04. The highest BCUT2D eigenvalue weighted by molar-refractivity contribution is 5.90. The molecular weight excluding hydrogens is 340 g/mol. The highest BCUT2D eigenvalue weighted by atomic mass is 16.5. The number of hydrogen-bond donors (Lipinski definition) is 1. The molecule has 0 spiro atoms. The molecule has 2 aliphatic rings. The fraction of sp³-hybridized carbons (Fsp3) is 0.524. The van der Waals surface area contributed by atoms with Gasteiger partial charge in [-0.15, -0.1) is 0 Å². The second-order valence-electron chi connectivity index (χ2n) is 7.57. The number of benzene rings is 1. The van der Waals surface area contributed by atoms with Crippen molar-refractivity contribution in [1.29, 1.82) is 0 Å². The smallest absolute Gasteiger partial charge is 0.322 e.